The van der Waals surface area contributed by atoms with Crippen molar-refractivity contribution in [1.82, 2.24) is 0 Å². The van der Waals surface area contributed by atoms with Crippen LogP contribution in [-0.4, -0.2) is 31.9 Å². The van der Waals surface area contributed by atoms with Gasteiger partial charge in [-0.25, -0.2) is 0 Å². The van der Waals surface area contributed by atoms with E-state index in [2.05, 4.69) is 0 Å². The Morgan fingerprint density at radius 1 is 0.778 bits per heavy atom. The van der Waals surface area contributed by atoms with Crippen LogP contribution in [0.15, 0.2) is 30.3 Å². The van der Waals surface area contributed by atoms with Gasteiger partial charge in [-0.2, -0.15) is 0 Å². The van der Waals surface area contributed by atoms with E-state index in [1.807, 2.05) is 0 Å². The van der Waals surface area contributed by atoms with Gasteiger partial charge in [0.2, 0.25) is 5.78 Å². The number of ketones is 1. The molecule has 0 aliphatic heterocycles. The molecule has 0 spiro atoms. The molecule has 0 amide bonds. The van der Waals surface area contributed by atoms with Gasteiger partial charge in [-0.05, 0) is 30.7 Å². The zero-order valence-corrected chi connectivity index (χ0v) is 15.7. The average molecular weight is 372 g/mol. The summed E-state index contributed by atoms with van der Waals surface area (Å²) in [5.74, 6) is -0.493. The summed E-state index contributed by atoms with van der Waals surface area (Å²) in [7, 11) is 2.85. The maximum atomic E-state index is 13.2. The van der Waals surface area contributed by atoms with Gasteiger partial charge in [0.1, 0.15) is 28.6 Å². The van der Waals surface area contributed by atoms with Gasteiger partial charge < -0.3 is 18.9 Å². The molecule has 2 aromatic carbocycles. The van der Waals surface area contributed by atoms with Gasteiger partial charge in [0.15, 0.2) is 0 Å². The van der Waals surface area contributed by atoms with Crippen LogP contribution in [-0.2, 0) is 9.59 Å². The van der Waals surface area contributed by atoms with E-state index in [1.54, 1.807) is 13.0 Å². The summed E-state index contributed by atoms with van der Waals surface area (Å²) in [6.07, 6.45) is 0. The molecular weight excluding hydrogens is 352 g/mol. The number of methoxy groups -OCH3 is 2. The molecule has 0 atom stereocenters. The highest BCUT2D eigenvalue weighted by Gasteiger charge is 2.24. The minimum Gasteiger partial charge on any atom is -0.496 e. The van der Waals surface area contributed by atoms with Crippen LogP contribution in [0.25, 0.3) is 0 Å². The van der Waals surface area contributed by atoms with Crippen molar-refractivity contribution < 1.29 is 33.3 Å². The third-order valence-corrected chi connectivity index (χ3v) is 3.68. The van der Waals surface area contributed by atoms with Crippen molar-refractivity contribution >= 4 is 17.7 Å². The van der Waals surface area contributed by atoms with Crippen molar-refractivity contribution in [3.05, 3.63) is 47.0 Å². The lowest BCUT2D eigenvalue weighted by Gasteiger charge is -2.15. The monoisotopic (exact) mass is 372 g/mol. The van der Waals surface area contributed by atoms with Crippen LogP contribution in [0.1, 0.15) is 35.3 Å². The lowest BCUT2D eigenvalue weighted by molar-refractivity contribution is -0.132. The smallest absolute Gasteiger partial charge is 0.308 e. The van der Waals surface area contributed by atoms with E-state index in [4.69, 9.17) is 18.9 Å². The lowest BCUT2D eigenvalue weighted by Crippen LogP contribution is -2.12. The predicted molar refractivity (Wildman–Crippen MR) is 96.8 cm³/mol. The van der Waals surface area contributed by atoms with Gasteiger partial charge in [0.25, 0.3) is 0 Å². The van der Waals surface area contributed by atoms with Crippen molar-refractivity contribution in [3.8, 4) is 23.0 Å². The highest BCUT2D eigenvalue weighted by atomic mass is 16.5. The first-order chi connectivity index (χ1) is 12.8. The quantitative estimate of drug-likeness (QED) is 0.437. The number of esters is 2. The fourth-order valence-electron chi connectivity index (χ4n) is 2.56. The van der Waals surface area contributed by atoms with E-state index < -0.39 is 17.7 Å². The van der Waals surface area contributed by atoms with E-state index in [9.17, 15) is 14.4 Å². The molecule has 0 fully saturated rings. The topological polar surface area (TPSA) is 88.1 Å². The second-order valence-corrected chi connectivity index (χ2v) is 5.70. The number of aryl methyl sites for hydroxylation is 1. The number of rotatable bonds is 6. The standard InChI is InChI=1S/C20H20O7/c1-11-8-14(26-12(2)21)6-7-16(11)20(23)19-17(25-5)9-15(24-4)10-18(19)27-13(3)22/h6-10H,1-5H3. The molecule has 0 bridgehead atoms. The van der Waals surface area contributed by atoms with E-state index in [0.717, 1.165) is 0 Å². The molecule has 142 valence electrons. The third kappa shape index (κ3) is 4.63. The second-order valence-electron chi connectivity index (χ2n) is 5.70. The molecule has 0 unspecified atom stereocenters. The van der Waals surface area contributed by atoms with Gasteiger partial charge >= 0.3 is 11.9 Å². The fourth-order valence-corrected chi connectivity index (χ4v) is 2.56. The summed E-state index contributed by atoms with van der Waals surface area (Å²) < 4.78 is 20.7. The van der Waals surface area contributed by atoms with Crippen molar-refractivity contribution in [2.24, 2.45) is 0 Å². The average Bonchev–Trinajstić information content (AvgIpc) is 2.59. The van der Waals surface area contributed by atoms with Crippen LogP contribution in [0.3, 0.4) is 0 Å². The summed E-state index contributed by atoms with van der Waals surface area (Å²) in [6.45, 7) is 4.24. The number of hydrogen-bond acceptors (Lipinski definition) is 7. The summed E-state index contributed by atoms with van der Waals surface area (Å²) in [4.78, 5) is 35.7. The summed E-state index contributed by atoms with van der Waals surface area (Å²) in [6, 6.07) is 7.61. The number of hydrogen-bond donors (Lipinski definition) is 0. The molecule has 0 radical (unpaired) electrons. The van der Waals surface area contributed by atoms with E-state index >= 15 is 0 Å². The number of carbonyl (C=O) groups excluding carboxylic acids is 3. The second kappa shape index (κ2) is 8.35. The Morgan fingerprint density at radius 2 is 1.41 bits per heavy atom. The van der Waals surface area contributed by atoms with E-state index in [-0.39, 0.29) is 17.1 Å². The van der Waals surface area contributed by atoms with E-state index in [0.29, 0.717) is 22.6 Å². The largest absolute Gasteiger partial charge is 0.496 e. The van der Waals surface area contributed by atoms with Crippen molar-refractivity contribution in [1.29, 1.82) is 0 Å². The van der Waals surface area contributed by atoms with Crippen molar-refractivity contribution in [2.45, 2.75) is 20.8 Å². The summed E-state index contributed by atoms with van der Waals surface area (Å²) in [5, 5.41) is 0. The fraction of sp³-hybridized carbons (Fsp3) is 0.250. The van der Waals surface area contributed by atoms with Gasteiger partial charge in [0, 0.05) is 31.5 Å². The number of ether oxygens (including phenoxy) is 4. The predicted octanol–water partition coefficient (Wildman–Crippen LogP) is 3.09. The highest BCUT2D eigenvalue weighted by molar-refractivity contribution is 6.13. The molecule has 7 heteroatoms. The molecular formula is C20H20O7. The van der Waals surface area contributed by atoms with Crippen LogP contribution in [0.4, 0.5) is 0 Å². The molecule has 0 heterocycles. The molecule has 2 aromatic rings. The van der Waals surface area contributed by atoms with E-state index in [1.165, 1.54) is 52.3 Å². The Morgan fingerprint density at radius 3 is 1.93 bits per heavy atom. The molecule has 0 aliphatic carbocycles. The molecule has 27 heavy (non-hydrogen) atoms. The van der Waals surface area contributed by atoms with Gasteiger partial charge in [0.05, 0.1) is 14.2 Å². The van der Waals surface area contributed by atoms with Crippen molar-refractivity contribution in [2.75, 3.05) is 14.2 Å². The Kier molecular flexibility index (Phi) is 6.18. The van der Waals surface area contributed by atoms with Gasteiger partial charge in [-0.1, -0.05) is 0 Å². The van der Waals surface area contributed by atoms with Crippen molar-refractivity contribution in [3.63, 3.8) is 0 Å². The molecule has 2 rings (SSSR count). The van der Waals surface area contributed by atoms with Gasteiger partial charge in [-0.15, -0.1) is 0 Å². The first-order valence-corrected chi connectivity index (χ1v) is 8.05. The van der Waals surface area contributed by atoms with Crippen LogP contribution >= 0.6 is 0 Å². The highest BCUT2D eigenvalue weighted by Crippen LogP contribution is 2.36. The first-order valence-electron chi connectivity index (χ1n) is 8.05. The maximum Gasteiger partial charge on any atom is 0.308 e. The van der Waals surface area contributed by atoms with Crippen LogP contribution in [0.5, 0.6) is 23.0 Å². The molecule has 0 N–H and O–H groups in total. The normalized spacial score (nSPS) is 10.1. The Bertz CT molecular complexity index is 899. The lowest BCUT2D eigenvalue weighted by atomic mass is 9.97. The third-order valence-electron chi connectivity index (χ3n) is 3.68. The minimum atomic E-state index is -0.582. The summed E-state index contributed by atoms with van der Waals surface area (Å²) >= 11 is 0. The summed E-state index contributed by atoms with van der Waals surface area (Å²) in [5.41, 5.74) is 1.03. The van der Waals surface area contributed by atoms with Crippen LogP contribution in [0.2, 0.25) is 0 Å². The van der Waals surface area contributed by atoms with Crippen LogP contribution in [0, 0.1) is 6.92 Å². The van der Waals surface area contributed by atoms with Crippen LogP contribution < -0.4 is 18.9 Å². The maximum absolute atomic E-state index is 13.2. The molecule has 7 nitrogen and oxygen atoms in total. The zero-order valence-electron chi connectivity index (χ0n) is 15.7. The SMILES string of the molecule is COc1cc(OC)c(C(=O)c2ccc(OC(C)=O)cc2C)c(OC(C)=O)c1. The molecule has 0 saturated heterocycles. The Labute approximate surface area is 156 Å². The van der Waals surface area contributed by atoms with Gasteiger partial charge in [-0.3, -0.25) is 14.4 Å². The number of carbonyl (C=O) groups is 3. The first kappa shape index (κ1) is 20.0. The number of benzene rings is 2. The Balaban J connectivity index is 2.57. The molecule has 0 aromatic heterocycles. The Hall–Kier alpha value is -3.35. The molecule has 0 saturated carbocycles. The molecule has 0 aliphatic rings. The minimum absolute atomic E-state index is 0.0344. The zero-order chi connectivity index (χ0) is 20.1.